The lowest BCUT2D eigenvalue weighted by atomic mass is 10.2. The van der Waals surface area contributed by atoms with Crippen LogP contribution >= 0.6 is 11.3 Å². The van der Waals surface area contributed by atoms with Gasteiger partial charge in [-0.05, 0) is 38.4 Å². The summed E-state index contributed by atoms with van der Waals surface area (Å²) in [5, 5.41) is 12.9. The predicted molar refractivity (Wildman–Crippen MR) is 99.7 cm³/mol. The van der Waals surface area contributed by atoms with Gasteiger partial charge < -0.3 is 5.32 Å². The molecule has 132 valence electrons. The summed E-state index contributed by atoms with van der Waals surface area (Å²) in [4.78, 5) is 21.9. The molecule has 1 fully saturated rings. The van der Waals surface area contributed by atoms with Gasteiger partial charge in [-0.15, -0.1) is 11.3 Å². The van der Waals surface area contributed by atoms with E-state index in [1.807, 2.05) is 26.1 Å². The van der Waals surface area contributed by atoms with Crippen molar-refractivity contribution in [2.24, 2.45) is 0 Å². The predicted octanol–water partition coefficient (Wildman–Crippen LogP) is 1.71. The number of fused-ring (bicyclic) bond motifs is 2. The molecular weight excluding hydrogens is 350 g/mol. The highest BCUT2D eigenvalue weighted by atomic mass is 32.1. The molecule has 1 atom stereocenters. The van der Waals surface area contributed by atoms with Crippen LogP contribution in [0.1, 0.15) is 23.7 Å². The number of thiazole rings is 1. The van der Waals surface area contributed by atoms with Gasteiger partial charge >= 0.3 is 0 Å². The second kappa shape index (κ2) is 5.68. The number of aromatic nitrogens is 6. The minimum atomic E-state index is -0.0729. The molecule has 0 amide bonds. The van der Waals surface area contributed by atoms with E-state index in [2.05, 4.69) is 25.5 Å². The Morgan fingerprint density at radius 3 is 3.00 bits per heavy atom. The molecule has 1 aliphatic heterocycles. The molecule has 8 nitrogen and oxygen atoms in total. The highest BCUT2D eigenvalue weighted by molar-refractivity contribution is 7.21. The molecule has 0 radical (unpaired) electrons. The van der Waals surface area contributed by atoms with E-state index in [1.54, 1.807) is 15.4 Å². The maximum Gasteiger partial charge on any atom is 0.286 e. The Bertz CT molecular complexity index is 1200. The molecule has 5 rings (SSSR count). The summed E-state index contributed by atoms with van der Waals surface area (Å²) in [6.45, 7) is 5.64. The summed E-state index contributed by atoms with van der Waals surface area (Å²) in [5.41, 5.74) is 4.07. The number of nitrogens with zero attached hydrogens (tertiary/aromatic N) is 6. The van der Waals surface area contributed by atoms with Crippen molar-refractivity contribution in [2.45, 2.75) is 26.3 Å². The average Bonchev–Trinajstić information content (AvgIpc) is 3.33. The van der Waals surface area contributed by atoms with Crippen molar-refractivity contribution >= 4 is 27.2 Å². The summed E-state index contributed by atoms with van der Waals surface area (Å²) < 4.78 is 3.99. The number of imidazole rings is 1. The maximum atomic E-state index is 12.9. The lowest BCUT2D eigenvalue weighted by Gasteiger charge is -2.09. The van der Waals surface area contributed by atoms with Crippen LogP contribution in [0, 0.1) is 13.8 Å². The fraction of sp³-hybridized carbons (Fsp3) is 0.353. The van der Waals surface area contributed by atoms with E-state index < -0.39 is 0 Å². The minimum absolute atomic E-state index is 0.0729. The van der Waals surface area contributed by atoms with Crippen molar-refractivity contribution < 1.29 is 0 Å². The van der Waals surface area contributed by atoms with E-state index in [0.29, 0.717) is 10.2 Å². The number of hydrogen-bond donors (Lipinski definition) is 1. The Kier molecular flexibility index (Phi) is 3.41. The second-order valence-electron chi connectivity index (χ2n) is 6.64. The zero-order chi connectivity index (χ0) is 17.8. The number of rotatable bonds is 2. The first-order chi connectivity index (χ1) is 12.6. The van der Waals surface area contributed by atoms with Crippen LogP contribution in [-0.4, -0.2) is 42.5 Å². The molecule has 0 aromatic carbocycles. The van der Waals surface area contributed by atoms with E-state index in [4.69, 9.17) is 0 Å². The van der Waals surface area contributed by atoms with Gasteiger partial charge in [0, 0.05) is 6.54 Å². The molecule has 0 saturated carbocycles. The Labute approximate surface area is 152 Å². The summed E-state index contributed by atoms with van der Waals surface area (Å²) >= 11 is 1.37. The Balaban J connectivity index is 1.66. The molecular formula is C17H17N7OS. The van der Waals surface area contributed by atoms with Gasteiger partial charge in [0.25, 0.3) is 5.56 Å². The summed E-state index contributed by atoms with van der Waals surface area (Å²) in [5.74, 6) is 0. The van der Waals surface area contributed by atoms with Crippen LogP contribution in [0.4, 0.5) is 0 Å². The van der Waals surface area contributed by atoms with Crippen LogP contribution in [0.5, 0.6) is 0 Å². The zero-order valence-corrected chi connectivity index (χ0v) is 15.2. The smallest absolute Gasteiger partial charge is 0.286 e. The van der Waals surface area contributed by atoms with E-state index in [9.17, 15) is 4.79 Å². The highest BCUT2D eigenvalue weighted by Gasteiger charge is 2.21. The highest BCUT2D eigenvalue weighted by Crippen LogP contribution is 2.28. The summed E-state index contributed by atoms with van der Waals surface area (Å²) in [6.07, 6.45) is 4.49. The first-order valence-corrected chi connectivity index (χ1v) is 9.35. The van der Waals surface area contributed by atoms with Crippen molar-refractivity contribution in [3.05, 3.63) is 40.1 Å². The van der Waals surface area contributed by atoms with Crippen molar-refractivity contribution in [1.82, 2.24) is 34.7 Å². The van der Waals surface area contributed by atoms with Gasteiger partial charge in [-0.25, -0.2) is 19.2 Å². The fourth-order valence-electron chi connectivity index (χ4n) is 3.41. The van der Waals surface area contributed by atoms with Gasteiger partial charge in [0.2, 0.25) is 0 Å². The van der Waals surface area contributed by atoms with Gasteiger partial charge in [0.05, 0.1) is 24.1 Å². The minimum Gasteiger partial charge on any atom is -0.315 e. The lowest BCUT2D eigenvalue weighted by molar-refractivity contribution is 0.470. The van der Waals surface area contributed by atoms with Crippen LogP contribution in [-0.2, 0) is 0 Å². The molecule has 1 unspecified atom stereocenters. The van der Waals surface area contributed by atoms with Crippen molar-refractivity contribution in [3.8, 4) is 10.7 Å². The molecule has 4 aromatic heterocycles. The Morgan fingerprint density at radius 1 is 1.31 bits per heavy atom. The largest absolute Gasteiger partial charge is 0.315 e. The molecule has 26 heavy (non-hydrogen) atoms. The molecule has 0 aliphatic carbocycles. The normalized spacial score (nSPS) is 17.5. The Morgan fingerprint density at radius 2 is 2.19 bits per heavy atom. The molecule has 0 spiro atoms. The SMILES string of the molecule is Cc1cn2nc(-c3nc4cnn(C5CCNC5)c(=O)c4s3)cc(C)c2n1. The van der Waals surface area contributed by atoms with E-state index in [-0.39, 0.29) is 11.6 Å². The number of aryl methyl sites for hydroxylation is 2. The monoisotopic (exact) mass is 367 g/mol. The zero-order valence-electron chi connectivity index (χ0n) is 14.4. The third kappa shape index (κ3) is 2.35. The van der Waals surface area contributed by atoms with Gasteiger partial charge in [0.15, 0.2) is 5.65 Å². The standard InChI is InChI=1S/C17H17N7OS/c1-9-5-12(22-23-8-10(2)20-15(9)23)16-21-13-7-19-24(11-3-4-18-6-11)17(25)14(13)26-16/h5,7-8,11,18H,3-4,6H2,1-2H3. The van der Waals surface area contributed by atoms with Crippen LogP contribution in [0.15, 0.2) is 23.3 Å². The van der Waals surface area contributed by atoms with Crippen molar-refractivity contribution in [2.75, 3.05) is 13.1 Å². The van der Waals surface area contributed by atoms with E-state index in [1.165, 1.54) is 11.3 Å². The van der Waals surface area contributed by atoms with Crippen LogP contribution < -0.4 is 10.9 Å². The van der Waals surface area contributed by atoms with Gasteiger partial charge in [-0.3, -0.25) is 4.79 Å². The molecule has 0 bridgehead atoms. The number of nitrogens with one attached hydrogen (secondary N) is 1. The first kappa shape index (κ1) is 15.6. The average molecular weight is 367 g/mol. The summed E-state index contributed by atoms with van der Waals surface area (Å²) in [7, 11) is 0. The first-order valence-electron chi connectivity index (χ1n) is 8.53. The topological polar surface area (TPSA) is 90.0 Å². The van der Waals surface area contributed by atoms with Crippen LogP contribution in [0.2, 0.25) is 0 Å². The lowest BCUT2D eigenvalue weighted by Crippen LogP contribution is -2.28. The van der Waals surface area contributed by atoms with Crippen molar-refractivity contribution in [1.29, 1.82) is 0 Å². The van der Waals surface area contributed by atoms with Crippen molar-refractivity contribution in [3.63, 3.8) is 0 Å². The molecule has 4 aromatic rings. The molecule has 9 heteroatoms. The third-order valence-electron chi connectivity index (χ3n) is 4.69. The van der Waals surface area contributed by atoms with Gasteiger partial charge in [-0.2, -0.15) is 10.2 Å². The van der Waals surface area contributed by atoms with Crippen LogP contribution in [0.3, 0.4) is 0 Å². The molecule has 1 N–H and O–H groups in total. The maximum absolute atomic E-state index is 12.9. The van der Waals surface area contributed by atoms with Gasteiger partial charge in [0.1, 0.15) is 20.9 Å². The second-order valence-corrected chi connectivity index (χ2v) is 7.64. The van der Waals surface area contributed by atoms with Crippen LogP contribution in [0.25, 0.3) is 26.6 Å². The van der Waals surface area contributed by atoms with E-state index >= 15 is 0 Å². The molecule has 1 aliphatic rings. The molecule has 5 heterocycles. The fourth-order valence-corrected chi connectivity index (χ4v) is 4.34. The Hall–Kier alpha value is -2.65. The summed E-state index contributed by atoms with van der Waals surface area (Å²) in [6, 6.07) is 2.08. The molecule has 1 saturated heterocycles. The van der Waals surface area contributed by atoms with Gasteiger partial charge in [-0.1, -0.05) is 0 Å². The quantitative estimate of drug-likeness (QED) is 0.580. The number of hydrogen-bond acceptors (Lipinski definition) is 7. The van der Waals surface area contributed by atoms with E-state index in [0.717, 1.165) is 47.1 Å². The third-order valence-corrected chi connectivity index (χ3v) is 5.77.